The number of hydrogen-bond donors (Lipinski definition) is 1. The summed E-state index contributed by atoms with van der Waals surface area (Å²) in [7, 11) is 0. The Hall–Kier alpha value is -0.970. The second-order valence-corrected chi connectivity index (χ2v) is 6.48. The van der Waals surface area contributed by atoms with Crippen LogP contribution in [-0.4, -0.2) is 26.4 Å². The van der Waals surface area contributed by atoms with Gasteiger partial charge >= 0.3 is 5.97 Å². The van der Waals surface area contributed by atoms with Crippen LogP contribution in [0.25, 0.3) is 0 Å². The molecule has 106 valence electrons. The van der Waals surface area contributed by atoms with Crippen molar-refractivity contribution in [3.63, 3.8) is 0 Å². The Morgan fingerprint density at radius 3 is 2.89 bits per heavy atom. The molecule has 0 saturated heterocycles. The Morgan fingerprint density at radius 2 is 2.32 bits per heavy atom. The van der Waals surface area contributed by atoms with Crippen LogP contribution in [-0.2, 0) is 11.3 Å². The number of carboxylic acids is 1. The maximum Gasteiger partial charge on any atom is 0.313 e. The molecule has 1 N–H and O–H groups in total. The van der Waals surface area contributed by atoms with Crippen molar-refractivity contribution in [2.75, 3.05) is 5.75 Å². The number of aliphatic carboxylic acids is 1. The van der Waals surface area contributed by atoms with Gasteiger partial charge in [-0.05, 0) is 24.7 Å². The summed E-state index contributed by atoms with van der Waals surface area (Å²) in [5.74, 6) is 0.661. The van der Waals surface area contributed by atoms with Gasteiger partial charge in [0.05, 0.1) is 5.75 Å². The number of thioether (sulfide) groups is 1. The molecule has 0 amide bonds. The first-order valence-electron chi connectivity index (χ1n) is 6.98. The van der Waals surface area contributed by atoms with Gasteiger partial charge in [-0.15, -0.1) is 0 Å². The quantitative estimate of drug-likeness (QED) is 0.743. The zero-order valence-electron chi connectivity index (χ0n) is 11.6. The molecule has 0 aromatic carbocycles. The van der Waals surface area contributed by atoms with Crippen LogP contribution >= 0.6 is 11.8 Å². The van der Waals surface area contributed by atoms with Gasteiger partial charge in [-0.1, -0.05) is 38.5 Å². The fraction of sp³-hybridized carbons (Fsp3) is 0.714. The molecule has 0 unspecified atom stereocenters. The number of carboxylic acid groups (broad SMARTS) is 1. The molecule has 5 heteroatoms. The number of rotatable bonds is 8. The molecule has 0 atom stereocenters. The van der Waals surface area contributed by atoms with E-state index in [-0.39, 0.29) is 5.75 Å². The number of nitrogens with zero attached hydrogens (tertiary/aromatic N) is 2. The maximum atomic E-state index is 10.7. The molecule has 1 fully saturated rings. The second-order valence-electron chi connectivity index (χ2n) is 5.54. The highest BCUT2D eigenvalue weighted by atomic mass is 32.2. The molecule has 1 saturated carbocycles. The summed E-state index contributed by atoms with van der Waals surface area (Å²) in [5, 5.41) is 9.63. The molecule has 1 aromatic heterocycles. The van der Waals surface area contributed by atoms with Crippen LogP contribution in [0, 0.1) is 5.92 Å². The third-order valence-corrected chi connectivity index (χ3v) is 4.43. The lowest BCUT2D eigenvalue weighted by atomic mass is 10.1. The van der Waals surface area contributed by atoms with Gasteiger partial charge in [-0.25, -0.2) is 4.98 Å². The minimum atomic E-state index is -0.788. The van der Waals surface area contributed by atoms with E-state index in [1.807, 2.05) is 6.20 Å². The fourth-order valence-electron chi connectivity index (χ4n) is 2.24. The lowest BCUT2D eigenvalue weighted by Gasteiger charge is -2.13. The van der Waals surface area contributed by atoms with Crippen molar-refractivity contribution in [1.82, 2.24) is 9.55 Å². The van der Waals surface area contributed by atoms with Crippen molar-refractivity contribution in [3.05, 3.63) is 11.9 Å². The van der Waals surface area contributed by atoms with E-state index in [4.69, 9.17) is 5.11 Å². The van der Waals surface area contributed by atoms with Gasteiger partial charge in [-0.2, -0.15) is 0 Å². The van der Waals surface area contributed by atoms with E-state index in [0.29, 0.717) is 5.92 Å². The average molecular weight is 282 g/mol. The molecule has 0 bridgehead atoms. The van der Waals surface area contributed by atoms with Crippen molar-refractivity contribution in [1.29, 1.82) is 0 Å². The van der Waals surface area contributed by atoms with Gasteiger partial charge < -0.3 is 9.67 Å². The summed E-state index contributed by atoms with van der Waals surface area (Å²) >= 11 is 1.32. The molecule has 0 aliphatic heterocycles. The highest BCUT2D eigenvalue weighted by Crippen LogP contribution is 2.34. The van der Waals surface area contributed by atoms with Gasteiger partial charge in [0.25, 0.3) is 0 Å². The largest absolute Gasteiger partial charge is 0.481 e. The lowest BCUT2D eigenvalue weighted by molar-refractivity contribution is -0.133. The van der Waals surface area contributed by atoms with Crippen molar-refractivity contribution in [2.45, 2.75) is 57.1 Å². The summed E-state index contributed by atoms with van der Waals surface area (Å²) in [5.41, 5.74) is 1.21. The first-order valence-corrected chi connectivity index (χ1v) is 7.96. The summed E-state index contributed by atoms with van der Waals surface area (Å²) in [4.78, 5) is 15.1. The van der Waals surface area contributed by atoms with E-state index in [1.165, 1.54) is 43.1 Å². The molecular formula is C14H22N2O2S. The van der Waals surface area contributed by atoms with Crippen molar-refractivity contribution >= 4 is 17.7 Å². The Balaban J connectivity index is 2.00. The molecule has 0 spiro atoms. The van der Waals surface area contributed by atoms with E-state index >= 15 is 0 Å². The van der Waals surface area contributed by atoms with Gasteiger partial charge in [0.15, 0.2) is 5.16 Å². The Bertz CT molecular complexity index is 439. The topological polar surface area (TPSA) is 55.1 Å². The molecule has 1 heterocycles. The zero-order chi connectivity index (χ0) is 13.8. The van der Waals surface area contributed by atoms with Crippen LogP contribution in [0.2, 0.25) is 0 Å². The van der Waals surface area contributed by atoms with Crippen molar-refractivity contribution < 1.29 is 9.90 Å². The molecule has 1 aliphatic rings. The predicted octanol–water partition coefficient (Wildman–Crippen LogP) is 3.37. The number of carbonyl (C=O) groups is 1. The van der Waals surface area contributed by atoms with Crippen LogP contribution in [0.5, 0.6) is 0 Å². The average Bonchev–Trinajstić information content (AvgIpc) is 3.06. The second kappa shape index (κ2) is 6.46. The third kappa shape index (κ3) is 4.27. The van der Waals surface area contributed by atoms with E-state index < -0.39 is 5.97 Å². The van der Waals surface area contributed by atoms with E-state index in [2.05, 4.69) is 23.4 Å². The van der Waals surface area contributed by atoms with Gasteiger partial charge in [0, 0.05) is 18.4 Å². The van der Waals surface area contributed by atoms with Crippen molar-refractivity contribution in [3.8, 4) is 0 Å². The number of imidazole rings is 1. The Kier molecular flexibility index (Phi) is 4.91. The highest BCUT2D eigenvalue weighted by molar-refractivity contribution is 7.99. The first kappa shape index (κ1) is 14.4. The molecular weight excluding hydrogens is 260 g/mol. The number of hydrogen-bond acceptors (Lipinski definition) is 3. The smallest absolute Gasteiger partial charge is 0.313 e. The molecule has 4 nitrogen and oxygen atoms in total. The summed E-state index contributed by atoms with van der Waals surface area (Å²) in [6.45, 7) is 5.27. The minimum absolute atomic E-state index is 0.0805. The SMILES string of the molecule is CC(C)c1cnc(SCC(=O)O)n1CCCC1CC1. The first-order chi connectivity index (χ1) is 9.08. The monoisotopic (exact) mass is 282 g/mol. The Morgan fingerprint density at radius 1 is 1.58 bits per heavy atom. The summed E-state index contributed by atoms with van der Waals surface area (Å²) < 4.78 is 2.21. The van der Waals surface area contributed by atoms with Gasteiger partial charge in [-0.3, -0.25) is 4.79 Å². The third-order valence-electron chi connectivity index (χ3n) is 3.46. The van der Waals surface area contributed by atoms with Crippen LogP contribution in [0.4, 0.5) is 0 Å². The van der Waals surface area contributed by atoms with E-state index in [9.17, 15) is 4.79 Å². The zero-order valence-corrected chi connectivity index (χ0v) is 12.4. The number of aromatic nitrogens is 2. The predicted molar refractivity (Wildman–Crippen MR) is 76.6 cm³/mol. The Labute approximate surface area is 118 Å². The molecule has 2 rings (SSSR count). The van der Waals surface area contributed by atoms with E-state index in [1.54, 1.807) is 0 Å². The van der Waals surface area contributed by atoms with Crippen molar-refractivity contribution in [2.24, 2.45) is 5.92 Å². The summed E-state index contributed by atoms with van der Waals surface area (Å²) in [6.07, 6.45) is 7.13. The van der Waals surface area contributed by atoms with Crippen LogP contribution in [0.3, 0.4) is 0 Å². The molecule has 1 aliphatic carbocycles. The van der Waals surface area contributed by atoms with Crippen LogP contribution in [0.1, 0.15) is 51.1 Å². The molecule has 0 radical (unpaired) electrons. The molecule has 19 heavy (non-hydrogen) atoms. The fourth-order valence-corrected chi connectivity index (χ4v) is 2.98. The standard InChI is InChI=1S/C14H22N2O2S/c1-10(2)12-8-15-14(19-9-13(17)18)16(12)7-3-4-11-5-6-11/h8,10-11H,3-7,9H2,1-2H3,(H,17,18). The van der Waals surface area contributed by atoms with Crippen LogP contribution < -0.4 is 0 Å². The normalized spacial score (nSPS) is 15.1. The lowest BCUT2D eigenvalue weighted by Crippen LogP contribution is -2.08. The minimum Gasteiger partial charge on any atom is -0.481 e. The molecule has 1 aromatic rings. The summed E-state index contributed by atoms with van der Waals surface area (Å²) in [6, 6.07) is 0. The van der Waals surface area contributed by atoms with Crippen LogP contribution in [0.15, 0.2) is 11.4 Å². The maximum absolute atomic E-state index is 10.7. The van der Waals surface area contributed by atoms with Gasteiger partial charge in [0.1, 0.15) is 0 Å². The van der Waals surface area contributed by atoms with Gasteiger partial charge in [0.2, 0.25) is 0 Å². The van der Waals surface area contributed by atoms with E-state index in [0.717, 1.165) is 17.6 Å². The highest BCUT2D eigenvalue weighted by Gasteiger charge is 2.21.